The van der Waals surface area contributed by atoms with Gasteiger partial charge < -0.3 is 9.80 Å². The average molecular weight is 363 g/mol. The van der Waals surface area contributed by atoms with Crippen LogP contribution in [0.5, 0.6) is 0 Å². The van der Waals surface area contributed by atoms with Crippen molar-refractivity contribution in [3.05, 3.63) is 30.3 Å². The van der Waals surface area contributed by atoms with Gasteiger partial charge in [-0.05, 0) is 68.9 Å². The molecule has 0 unspecified atom stereocenters. The van der Waals surface area contributed by atoms with Crippen LogP contribution in [0.15, 0.2) is 30.3 Å². The Balaban J connectivity index is 0.00000182. The van der Waals surface area contributed by atoms with Crippen molar-refractivity contribution in [2.75, 3.05) is 24.5 Å². The molecule has 1 spiro atoms. The Hall–Kier alpha value is -0.730. The van der Waals surface area contributed by atoms with Crippen LogP contribution in [0.3, 0.4) is 0 Å². The lowest BCUT2D eigenvalue weighted by atomic mass is 9.74. The molecule has 1 aromatic carbocycles. The molecule has 1 aromatic rings. The molecule has 0 aromatic heterocycles. The summed E-state index contributed by atoms with van der Waals surface area (Å²) in [5.74, 6) is 1.86. The lowest BCUT2D eigenvalue weighted by Gasteiger charge is -2.58. The number of likely N-dealkylation sites (tertiary alicyclic amines) is 1. The van der Waals surface area contributed by atoms with Gasteiger partial charge in [0.25, 0.3) is 0 Å². The Kier molecular flexibility index (Phi) is 6.00. The van der Waals surface area contributed by atoms with E-state index in [1.807, 2.05) is 0 Å². The van der Waals surface area contributed by atoms with E-state index in [9.17, 15) is 0 Å². The van der Waals surface area contributed by atoms with Gasteiger partial charge in [0.2, 0.25) is 0 Å². The third-order valence-electron chi connectivity index (χ3n) is 7.37. The normalized spacial score (nSPS) is 29.3. The number of anilines is 1. The first-order valence-electron chi connectivity index (χ1n) is 10.2. The summed E-state index contributed by atoms with van der Waals surface area (Å²) < 4.78 is 0. The Morgan fingerprint density at radius 1 is 0.880 bits per heavy atom. The van der Waals surface area contributed by atoms with Crippen molar-refractivity contribution in [3.8, 4) is 0 Å². The van der Waals surface area contributed by atoms with Gasteiger partial charge in [0.1, 0.15) is 0 Å². The number of halogens is 1. The third-order valence-corrected chi connectivity index (χ3v) is 7.37. The summed E-state index contributed by atoms with van der Waals surface area (Å²) in [7, 11) is 0. The SMILES string of the molecule is CC(C)[C@H]1CC[C@@H](N2CCC3(CCN3c3ccccc3)CC2)CC1.Cl. The topological polar surface area (TPSA) is 6.48 Å². The minimum atomic E-state index is 0. The van der Waals surface area contributed by atoms with Gasteiger partial charge in [-0.25, -0.2) is 0 Å². The minimum absolute atomic E-state index is 0. The van der Waals surface area contributed by atoms with E-state index in [1.54, 1.807) is 0 Å². The summed E-state index contributed by atoms with van der Waals surface area (Å²) in [5.41, 5.74) is 1.92. The Morgan fingerprint density at radius 3 is 2.00 bits per heavy atom. The van der Waals surface area contributed by atoms with Crippen LogP contribution in [0, 0.1) is 11.8 Å². The third kappa shape index (κ3) is 3.71. The van der Waals surface area contributed by atoms with Crippen LogP contribution in [0.1, 0.15) is 58.8 Å². The first-order valence-corrected chi connectivity index (χ1v) is 10.2. The number of piperidine rings is 1. The van der Waals surface area contributed by atoms with Gasteiger partial charge >= 0.3 is 0 Å². The second-order valence-electron chi connectivity index (χ2n) is 8.81. The van der Waals surface area contributed by atoms with Gasteiger partial charge in [-0.15, -0.1) is 12.4 Å². The second-order valence-corrected chi connectivity index (χ2v) is 8.81. The summed E-state index contributed by atoms with van der Waals surface area (Å²) in [6, 6.07) is 12.0. The number of benzene rings is 1. The maximum atomic E-state index is 2.84. The molecule has 1 aliphatic carbocycles. The standard InChI is InChI=1S/C22H34N2.ClH/c1-18(2)19-8-10-20(11-9-19)23-15-12-22(13-16-23)14-17-24(22)21-6-4-3-5-7-21;/h3-7,18-20H,8-17H2,1-2H3;1H/t19-,20+;. The highest BCUT2D eigenvalue weighted by atomic mass is 35.5. The highest BCUT2D eigenvalue weighted by Gasteiger charge is 2.47. The van der Waals surface area contributed by atoms with Gasteiger partial charge in [-0.3, -0.25) is 0 Å². The number of hydrogen-bond donors (Lipinski definition) is 0. The van der Waals surface area contributed by atoms with Crippen LogP contribution in [0.4, 0.5) is 5.69 Å². The molecule has 25 heavy (non-hydrogen) atoms. The smallest absolute Gasteiger partial charge is 0.0443 e. The van der Waals surface area contributed by atoms with Gasteiger partial charge in [0.05, 0.1) is 0 Å². The fourth-order valence-corrected chi connectivity index (χ4v) is 5.51. The van der Waals surface area contributed by atoms with E-state index in [-0.39, 0.29) is 12.4 Å². The summed E-state index contributed by atoms with van der Waals surface area (Å²) in [4.78, 5) is 5.53. The molecule has 0 bridgehead atoms. The molecule has 140 valence electrons. The number of hydrogen-bond acceptors (Lipinski definition) is 2. The Bertz CT molecular complexity index is 528. The van der Waals surface area contributed by atoms with Gasteiger partial charge in [-0.1, -0.05) is 32.0 Å². The second kappa shape index (κ2) is 7.88. The molecule has 2 saturated heterocycles. The van der Waals surface area contributed by atoms with Gasteiger partial charge in [0, 0.05) is 36.9 Å². The van der Waals surface area contributed by atoms with Crippen molar-refractivity contribution >= 4 is 18.1 Å². The Labute approximate surface area is 160 Å². The summed E-state index contributed by atoms with van der Waals surface area (Å²) in [5, 5.41) is 0. The number of rotatable bonds is 3. The maximum absolute atomic E-state index is 2.84. The maximum Gasteiger partial charge on any atom is 0.0443 e. The molecule has 4 rings (SSSR count). The van der Waals surface area contributed by atoms with Crippen molar-refractivity contribution in [2.24, 2.45) is 11.8 Å². The first kappa shape index (κ1) is 19.0. The van der Waals surface area contributed by atoms with Crippen molar-refractivity contribution < 1.29 is 0 Å². The molecule has 0 atom stereocenters. The number of nitrogens with zero attached hydrogens (tertiary/aromatic N) is 2. The Morgan fingerprint density at radius 2 is 1.48 bits per heavy atom. The average Bonchev–Trinajstić information content (AvgIpc) is 2.62. The fraction of sp³-hybridized carbons (Fsp3) is 0.727. The van der Waals surface area contributed by atoms with E-state index in [1.165, 1.54) is 70.3 Å². The predicted octanol–water partition coefficient (Wildman–Crippen LogP) is 5.37. The molecular formula is C22H35ClN2. The zero-order chi connectivity index (χ0) is 16.6. The molecule has 3 heteroatoms. The molecule has 2 aliphatic heterocycles. The lowest BCUT2D eigenvalue weighted by Crippen LogP contribution is -2.65. The summed E-state index contributed by atoms with van der Waals surface area (Å²) in [6.07, 6.45) is 9.94. The zero-order valence-corrected chi connectivity index (χ0v) is 16.8. The van der Waals surface area contributed by atoms with Gasteiger partial charge in [-0.2, -0.15) is 0 Å². The van der Waals surface area contributed by atoms with Crippen molar-refractivity contribution in [2.45, 2.75) is 70.4 Å². The van der Waals surface area contributed by atoms with E-state index >= 15 is 0 Å². The fourth-order valence-electron chi connectivity index (χ4n) is 5.51. The molecule has 2 heterocycles. The monoisotopic (exact) mass is 362 g/mol. The molecule has 0 amide bonds. The summed E-state index contributed by atoms with van der Waals surface area (Å²) >= 11 is 0. The van der Waals surface area contributed by atoms with Crippen LogP contribution < -0.4 is 4.90 Å². The minimum Gasteiger partial charge on any atom is -0.366 e. The van der Waals surface area contributed by atoms with Crippen LogP contribution in [0.25, 0.3) is 0 Å². The van der Waals surface area contributed by atoms with Crippen molar-refractivity contribution in [1.29, 1.82) is 0 Å². The first-order chi connectivity index (χ1) is 11.7. The lowest BCUT2D eigenvalue weighted by molar-refractivity contribution is 0.0580. The van der Waals surface area contributed by atoms with E-state index in [4.69, 9.17) is 0 Å². The van der Waals surface area contributed by atoms with E-state index in [2.05, 4.69) is 54.0 Å². The number of para-hydroxylation sites is 1. The van der Waals surface area contributed by atoms with Crippen LogP contribution in [-0.4, -0.2) is 36.1 Å². The highest BCUT2D eigenvalue weighted by molar-refractivity contribution is 5.85. The summed E-state index contributed by atoms with van der Waals surface area (Å²) in [6.45, 7) is 8.71. The molecule has 1 saturated carbocycles. The quantitative estimate of drug-likeness (QED) is 0.713. The largest absolute Gasteiger partial charge is 0.366 e. The van der Waals surface area contributed by atoms with E-state index < -0.39 is 0 Å². The van der Waals surface area contributed by atoms with E-state index in [0.29, 0.717) is 5.54 Å². The van der Waals surface area contributed by atoms with Crippen molar-refractivity contribution in [1.82, 2.24) is 4.90 Å². The van der Waals surface area contributed by atoms with Crippen molar-refractivity contribution in [3.63, 3.8) is 0 Å². The van der Waals surface area contributed by atoms with Gasteiger partial charge in [0.15, 0.2) is 0 Å². The zero-order valence-electron chi connectivity index (χ0n) is 16.0. The molecule has 3 fully saturated rings. The van der Waals surface area contributed by atoms with E-state index in [0.717, 1.165) is 17.9 Å². The molecule has 2 nitrogen and oxygen atoms in total. The molecule has 0 radical (unpaired) electrons. The molecular weight excluding hydrogens is 328 g/mol. The predicted molar refractivity (Wildman–Crippen MR) is 110 cm³/mol. The molecule has 0 N–H and O–H groups in total. The van der Waals surface area contributed by atoms with Crippen LogP contribution in [0.2, 0.25) is 0 Å². The molecule has 3 aliphatic rings. The van der Waals surface area contributed by atoms with Crippen LogP contribution >= 0.6 is 12.4 Å². The van der Waals surface area contributed by atoms with Crippen LogP contribution in [-0.2, 0) is 0 Å². The highest BCUT2D eigenvalue weighted by Crippen LogP contribution is 2.44.